The molecule has 0 spiro atoms. The Balaban J connectivity index is 0.000000148. The molecule has 0 amide bonds. The van der Waals surface area contributed by atoms with E-state index < -0.39 is 0 Å². The average molecular weight is 877 g/mol. The molecule has 10 aromatic rings. The highest BCUT2D eigenvalue weighted by atomic mass is 16.3. The third kappa shape index (κ3) is 8.49. The van der Waals surface area contributed by atoms with Gasteiger partial charge in [-0.3, -0.25) is 0 Å². The van der Waals surface area contributed by atoms with E-state index in [1.165, 1.54) is 99.8 Å². The number of para-hydroxylation sites is 1. The summed E-state index contributed by atoms with van der Waals surface area (Å²) in [7, 11) is 0. The SMILES string of the molecule is C=C1C=C(C(C)C)C=CC1.Cc1ccc(-c2cccc3oc4ccccc4c23)cc1.Cc1cccc(-c2ccc(-c3ccc4c(c3)-c3ccccc3C4(c3ccccc3)c3ccccc3)cc2)c1. The average Bonchev–Trinajstić information content (AvgIpc) is 3.92. The first-order valence-corrected chi connectivity index (χ1v) is 23.8. The summed E-state index contributed by atoms with van der Waals surface area (Å²) in [6.45, 7) is 12.6. The monoisotopic (exact) mass is 876 g/mol. The van der Waals surface area contributed by atoms with E-state index in [1.54, 1.807) is 0 Å². The van der Waals surface area contributed by atoms with Crippen molar-refractivity contribution >= 4 is 21.9 Å². The Morgan fingerprint density at radius 1 is 0.456 bits per heavy atom. The van der Waals surface area contributed by atoms with Gasteiger partial charge in [-0.25, -0.2) is 0 Å². The fourth-order valence-corrected chi connectivity index (χ4v) is 10.1. The molecule has 1 heteroatoms. The van der Waals surface area contributed by atoms with E-state index >= 15 is 0 Å². The molecule has 0 fully saturated rings. The Hall–Kier alpha value is -8.00. The van der Waals surface area contributed by atoms with Crippen LogP contribution in [-0.4, -0.2) is 0 Å². The van der Waals surface area contributed by atoms with Gasteiger partial charge in [-0.2, -0.15) is 0 Å². The summed E-state index contributed by atoms with van der Waals surface area (Å²) in [5.74, 6) is 0.633. The van der Waals surface area contributed by atoms with Crippen LogP contribution >= 0.6 is 0 Å². The molecule has 330 valence electrons. The fraction of sp³-hybridized carbons (Fsp3) is 0.104. The molecule has 0 bridgehead atoms. The van der Waals surface area contributed by atoms with Gasteiger partial charge < -0.3 is 4.42 Å². The zero-order valence-corrected chi connectivity index (χ0v) is 39.4. The summed E-state index contributed by atoms with van der Waals surface area (Å²) in [5.41, 5.74) is 22.1. The van der Waals surface area contributed by atoms with Crippen molar-refractivity contribution in [1.82, 2.24) is 0 Å². The Labute approximate surface area is 402 Å². The highest BCUT2D eigenvalue weighted by molar-refractivity contribution is 6.12. The van der Waals surface area contributed by atoms with Crippen LogP contribution in [0.25, 0.3) is 66.4 Å². The minimum atomic E-state index is -0.345. The zero-order valence-electron chi connectivity index (χ0n) is 39.4. The maximum Gasteiger partial charge on any atom is 0.136 e. The number of allylic oxidation sites excluding steroid dienone is 5. The second-order valence-corrected chi connectivity index (χ2v) is 18.4. The van der Waals surface area contributed by atoms with Gasteiger partial charge in [-0.15, -0.1) is 0 Å². The smallest absolute Gasteiger partial charge is 0.136 e. The lowest BCUT2D eigenvalue weighted by atomic mass is 9.67. The second kappa shape index (κ2) is 19.1. The standard InChI is InChI=1S/C38H28.C19H14O.C10H14/c1-27-11-10-12-30(25-27)28-19-21-29(22-20-28)31-23-24-37-35(26-31)34-17-8-9-18-36(34)38(37,32-13-4-2-5-14-32)33-15-6-3-7-16-33;1-13-9-11-14(12-10-13)15-6-4-8-18-19(15)16-5-2-3-7-17(16)20-18;1-8(2)10-6-4-5-9(3)7-10/h2-26H,1H3;2-12H,1H3;4,6-8H,3,5H2,1-2H3. The summed E-state index contributed by atoms with van der Waals surface area (Å²) in [4.78, 5) is 0. The van der Waals surface area contributed by atoms with E-state index in [4.69, 9.17) is 4.42 Å². The molecule has 12 rings (SSSR count). The molecule has 1 nitrogen and oxygen atoms in total. The van der Waals surface area contributed by atoms with E-state index in [0.717, 1.165) is 17.6 Å². The number of hydrogen-bond acceptors (Lipinski definition) is 1. The molecule has 68 heavy (non-hydrogen) atoms. The molecule has 2 aliphatic rings. The highest BCUT2D eigenvalue weighted by Crippen LogP contribution is 2.56. The first kappa shape index (κ1) is 43.9. The number of rotatable bonds is 6. The van der Waals surface area contributed by atoms with Crippen molar-refractivity contribution in [2.24, 2.45) is 5.92 Å². The second-order valence-electron chi connectivity index (χ2n) is 18.4. The van der Waals surface area contributed by atoms with Gasteiger partial charge in [0, 0.05) is 10.8 Å². The van der Waals surface area contributed by atoms with Crippen molar-refractivity contribution in [2.75, 3.05) is 0 Å². The third-order valence-electron chi connectivity index (χ3n) is 13.5. The molecule has 0 atom stereocenters. The predicted octanol–water partition coefficient (Wildman–Crippen LogP) is 18.3. The van der Waals surface area contributed by atoms with Crippen molar-refractivity contribution in [2.45, 2.75) is 39.5 Å². The molecule has 0 saturated heterocycles. The Morgan fingerprint density at radius 2 is 1.01 bits per heavy atom. The Kier molecular flexibility index (Phi) is 12.3. The molecular formula is C67H56O. The Bertz CT molecular complexity index is 3410. The van der Waals surface area contributed by atoms with Crippen molar-refractivity contribution in [3.63, 3.8) is 0 Å². The van der Waals surface area contributed by atoms with Gasteiger partial charge >= 0.3 is 0 Å². The molecule has 0 N–H and O–H groups in total. The maximum atomic E-state index is 5.94. The van der Waals surface area contributed by atoms with Crippen molar-refractivity contribution < 1.29 is 4.42 Å². The highest BCUT2D eigenvalue weighted by Gasteiger charge is 2.45. The fourth-order valence-electron chi connectivity index (χ4n) is 10.1. The van der Waals surface area contributed by atoms with Crippen LogP contribution in [0.4, 0.5) is 0 Å². The summed E-state index contributed by atoms with van der Waals surface area (Å²) in [6.07, 6.45) is 7.58. The first-order chi connectivity index (χ1) is 33.3. The summed E-state index contributed by atoms with van der Waals surface area (Å²) in [6, 6.07) is 78.7. The van der Waals surface area contributed by atoms with Crippen molar-refractivity contribution in [3.8, 4) is 44.5 Å². The third-order valence-corrected chi connectivity index (χ3v) is 13.5. The van der Waals surface area contributed by atoms with Gasteiger partial charge in [0.1, 0.15) is 11.2 Å². The summed E-state index contributed by atoms with van der Waals surface area (Å²) in [5, 5.41) is 2.38. The first-order valence-electron chi connectivity index (χ1n) is 23.8. The van der Waals surface area contributed by atoms with Crippen molar-refractivity contribution in [3.05, 3.63) is 288 Å². The van der Waals surface area contributed by atoms with E-state index in [2.05, 4.69) is 253 Å². The van der Waals surface area contributed by atoms with E-state index in [1.807, 2.05) is 18.2 Å². The summed E-state index contributed by atoms with van der Waals surface area (Å²) < 4.78 is 5.94. The normalized spacial score (nSPS) is 13.2. The zero-order chi connectivity index (χ0) is 46.6. The van der Waals surface area contributed by atoms with Crippen molar-refractivity contribution in [1.29, 1.82) is 0 Å². The van der Waals surface area contributed by atoms with Gasteiger partial charge in [0.2, 0.25) is 0 Å². The van der Waals surface area contributed by atoms with Crippen LogP contribution in [0.5, 0.6) is 0 Å². The van der Waals surface area contributed by atoms with Gasteiger partial charge in [-0.05, 0) is 117 Å². The largest absolute Gasteiger partial charge is 0.456 e. The molecule has 9 aromatic carbocycles. The quantitative estimate of drug-likeness (QED) is 0.162. The van der Waals surface area contributed by atoms with Crippen LogP contribution in [0, 0.1) is 19.8 Å². The van der Waals surface area contributed by atoms with Gasteiger partial charge in [-0.1, -0.05) is 256 Å². The van der Waals surface area contributed by atoms with E-state index in [9.17, 15) is 0 Å². The molecule has 1 aromatic heterocycles. The van der Waals surface area contributed by atoms with Crippen LogP contribution < -0.4 is 0 Å². The predicted molar refractivity (Wildman–Crippen MR) is 289 cm³/mol. The number of aryl methyl sites for hydroxylation is 2. The number of fused-ring (bicyclic) bond motifs is 6. The lowest BCUT2D eigenvalue weighted by Crippen LogP contribution is -2.28. The molecule has 1 heterocycles. The Morgan fingerprint density at radius 3 is 1.68 bits per heavy atom. The topological polar surface area (TPSA) is 13.1 Å². The lowest BCUT2D eigenvalue weighted by molar-refractivity contribution is 0.669. The van der Waals surface area contributed by atoms with E-state index in [0.29, 0.717) is 5.92 Å². The molecule has 2 aliphatic carbocycles. The number of benzene rings is 9. The maximum absolute atomic E-state index is 5.94. The summed E-state index contributed by atoms with van der Waals surface area (Å²) >= 11 is 0. The van der Waals surface area contributed by atoms with Crippen LogP contribution in [0.15, 0.2) is 259 Å². The van der Waals surface area contributed by atoms with Gasteiger partial charge in [0.15, 0.2) is 0 Å². The molecular weight excluding hydrogens is 821 g/mol. The molecule has 0 aliphatic heterocycles. The molecule has 0 unspecified atom stereocenters. The van der Waals surface area contributed by atoms with Crippen LogP contribution in [0.3, 0.4) is 0 Å². The number of hydrogen-bond donors (Lipinski definition) is 0. The van der Waals surface area contributed by atoms with Crippen LogP contribution in [-0.2, 0) is 5.41 Å². The minimum absolute atomic E-state index is 0.345. The minimum Gasteiger partial charge on any atom is -0.456 e. The lowest BCUT2D eigenvalue weighted by Gasteiger charge is -2.33. The van der Waals surface area contributed by atoms with Crippen LogP contribution in [0.1, 0.15) is 53.6 Å². The van der Waals surface area contributed by atoms with Gasteiger partial charge in [0.05, 0.1) is 5.41 Å². The molecule has 0 saturated carbocycles. The molecule has 0 radical (unpaired) electrons. The number of furan rings is 1. The van der Waals surface area contributed by atoms with Gasteiger partial charge in [0.25, 0.3) is 0 Å². The van der Waals surface area contributed by atoms with Crippen LogP contribution in [0.2, 0.25) is 0 Å². The van der Waals surface area contributed by atoms with E-state index in [-0.39, 0.29) is 5.41 Å².